The molecule has 0 unspecified atom stereocenters. The summed E-state index contributed by atoms with van der Waals surface area (Å²) in [6.45, 7) is 1.76. The van der Waals surface area contributed by atoms with E-state index in [-0.39, 0.29) is 5.69 Å². The highest BCUT2D eigenvalue weighted by Crippen LogP contribution is 2.19. The molecule has 0 bridgehead atoms. The van der Waals surface area contributed by atoms with Crippen molar-refractivity contribution < 1.29 is 0 Å². The number of H-pyrrole nitrogens is 1. The number of aryl methyl sites for hydroxylation is 1. The van der Waals surface area contributed by atoms with Crippen molar-refractivity contribution in [3.63, 3.8) is 0 Å². The molecule has 0 aliphatic carbocycles. The lowest BCUT2D eigenvalue weighted by molar-refractivity contribution is 0.863. The fourth-order valence-electron chi connectivity index (χ4n) is 1.71. The minimum Gasteiger partial charge on any atom is -0.305 e. The van der Waals surface area contributed by atoms with Crippen LogP contribution >= 0.6 is 15.9 Å². The zero-order chi connectivity index (χ0) is 11.3. The number of nitrogens with one attached hydrogen (secondary N) is 1. The third-order valence-corrected chi connectivity index (χ3v) is 2.86. The molecule has 3 aromatic rings. The molecule has 0 saturated carbocycles. The van der Waals surface area contributed by atoms with Gasteiger partial charge < -0.3 is 4.98 Å². The van der Waals surface area contributed by atoms with Crippen molar-refractivity contribution in [3.05, 3.63) is 39.0 Å². The number of hydrogen-bond donors (Lipinski definition) is 1. The molecule has 0 spiro atoms. The normalized spacial score (nSPS) is 11.4. The van der Waals surface area contributed by atoms with Gasteiger partial charge in [-0.1, -0.05) is 15.9 Å². The molecule has 1 N–H and O–H groups in total. The molecule has 0 fully saturated rings. The summed E-state index contributed by atoms with van der Waals surface area (Å²) >= 11 is 3.36. The van der Waals surface area contributed by atoms with Gasteiger partial charge in [0, 0.05) is 9.86 Å². The number of rotatable bonds is 0. The summed E-state index contributed by atoms with van der Waals surface area (Å²) in [6, 6.07) is 5.66. The number of aromatic amines is 1. The van der Waals surface area contributed by atoms with Gasteiger partial charge in [0.1, 0.15) is 5.82 Å². The van der Waals surface area contributed by atoms with Crippen LogP contribution in [0.2, 0.25) is 0 Å². The highest BCUT2D eigenvalue weighted by molar-refractivity contribution is 9.10. The first-order chi connectivity index (χ1) is 7.65. The molecule has 6 heteroatoms. The lowest BCUT2D eigenvalue weighted by atomic mass is 10.2. The van der Waals surface area contributed by atoms with Gasteiger partial charge in [0.25, 0.3) is 0 Å². The van der Waals surface area contributed by atoms with E-state index in [0.717, 1.165) is 15.4 Å². The predicted molar refractivity (Wildman–Crippen MR) is 63.6 cm³/mol. The van der Waals surface area contributed by atoms with E-state index in [1.165, 1.54) is 4.52 Å². The van der Waals surface area contributed by atoms with Gasteiger partial charge in [-0.3, -0.25) is 0 Å². The highest BCUT2D eigenvalue weighted by atomic mass is 79.9. The van der Waals surface area contributed by atoms with Gasteiger partial charge in [0.05, 0.1) is 5.52 Å². The minimum atomic E-state index is -0.277. The Bertz CT molecular complexity index is 758. The molecule has 2 heterocycles. The summed E-state index contributed by atoms with van der Waals surface area (Å²) in [5.41, 5.74) is 1.06. The average Bonchev–Trinajstić information content (AvgIpc) is 2.60. The maximum Gasteiger partial charge on any atom is 0.348 e. The molecule has 0 aliphatic rings. The molecule has 3 rings (SSSR count). The highest BCUT2D eigenvalue weighted by Gasteiger charge is 2.08. The number of nitrogens with zero attached hydrogens (tertiary/aromatic N) is 3. The van der Waals surface area contributed by atoms with Crippen molar-refractivity contribution in [3.8, 4) is 0 Å². The smallest absolute Gasteiger partial charge is 0.305 e. The number of halogens is 1. The van der Waals surface area contributed by atoms with Crippen molar-refractivity contribution in [2.24, 2.45) is 0 Å². The summed E-state index contributed by atoms with van der Waals surface area (Å²) in [7, 11) is 0. The molecule has 16 heavy (non-hydrogen) atoms. The Morgan fingerprint density at radius 1 is 1.44 bits per heavy atom. The lowest BCUT2D eigenvalue weighted by Gasteiger charge is -1.99. The van der Waals surface area contributed by atoms with Crippen LogP contribution in [-0.2, 0) is 0 Å². The van der Waals surface area contributed by atoms with Crippen molar-refractivity contribution >= 4 is 32.5 Å². The first kappa shape index (κ1) is 9.53. The van der Waals surface area contributed by atoms with Crippen molar-refractivity contribution in [1.82, 2.24) is 19.6 Å². The molecule has 0 radical (unpaired) electrons. The SMILES string of the molecule is Cc1nc2c3ccc(Br)cc3[nH]c(=O)n2n1. The third kappa shape index (κ3) is 1.26. The molecule has 5 nitrogen and oxygen atoms in total. The fraction of sp³-hybridized carbons (Fsp3) is 0.100. The monoisotopic (exact) mass is 278 g/mol. The van der Waals surface area contributed by atoms with E-state index in [0.29, 0.717) is 11.5 Å². The summed E-state index contributed by atoms with van der Waals surface area (Å²) in [4.78, 5) is 18.7. The van der Waals surface area contributed by atoms with Crippen molar-refractivity contribution in [1.29, 1.82) is 0 Å². The van der Waals surface area contributed by atoms with E-state index in [9.17, 15) is 4.79 Å². The van der Waals surface area contributed by atoms with Crippen LogP contribution < -0.4 is 5.69 Å². The lowest BCUT2D eigenvalue weighted by Crippen LogP contribution is -2.17. The van der Waals surface area contributed by atoms with Crippen LogP contribution in [0.15, 0.2) is 27.5 Å². The van der Waals surface area contributed by atoms with Crippen LogP contribution in [0.5, 0.6) is 0 Å². The van der Waals surface area contributed by atoms with Gasteiger partial charge in [-0.2, -0.15) is 4.52 Å². The van der Waals surface area contributed by atoms with Crippen LogP contribution in [-0.4, -0.2) is 19.6 Å². The number of fused-ring (bicyclic) bond motifs is 3. The summed E-state index contributed by atoms with van der Waals surface area (Å²) in [5.74, 6) is 0.584. The maximum absolute atomic E-state index is 11.7. The Morgan fingerprint density at radius 2 is 2.25 bits per heavy atom. The largest absolute Gasteiger partial charge is 0.348 e. The zero-order valence-electron chi connectivity index (χ0n) is 8.36. The van der Waals surface area contributed by atoms with Gasteiger partial charge in [-0.15, -0.1) is 5.10 Å². The van der Waals surface area contributed by atoms with Gasteiger partial charge in [0.15, 0.2) is 5.65 Å². The maximum atomic E-state index is 11.7. The quantitative estimate of drug-likeness (QED) is 0.680. The van der Waals surface area contributed by atoms with Crippen LogP contribution in [0.25, 0.3) is 16.6 Å². The second kappa shape index (κ2) is 3.15. The van der Waals surface area contributed by atoms with E-state index in [2.05, 4.69) is 31.0 Å². The van der Waals surface area contributed by atoms with E-state index < -0.39 is 0 Å². The second-order valence-electron chi connectivity index (χ2n) is 3.51. The molecule has 0 saturated heterocycles. The fourth-order valence-corrected chi connectivity index (χ4v) is 2.08. The van der Waals surface area contributed by atoms with Gasteiger partial charge in [0.2, 0.25) is 0 Å². The van der Waals surface area contributed by atoms with E-state index in [4.69, 9.17) is 0 Å². The molecule has 0 atom stereocenters. The van der Waals surface area contributed by atoms with Crippen LogP contribution in [0, 0.1) is 6.92 Å². The number of aromatic nitrogens is 4. The Kier molecular flexibility index (Phi) is 1.88. The summed E-state index contributed by atoms with van der Waals surface area (Å²) in [6.07, 6.45) is 0. The standard InChI is InChI=1S/C10H7BrN4O/c1-5-12-9-7-3-2-6(11)4-8(7)13-10(16)15(9)14-5/h2-4H,1H3,(H,13,16). The van der Waals surface area contributed by atoms with Crippen LogP contribution in [0.1, 0.15) is 5.82 Å². The molecular formula is C10H7BrN4O. The average molecular weight is 279 g/mol. The molecular weight excluding hydrogens is 272 g/mol. The third-order valence-electron chi connectivity index (χ3n) is 2.37. The zero-order valence-corrected chi connectivity index (χ0v) is 9.95. The second-order valence-corrected chi connectivity index (χ2v) is 4.43. The first-order valence-electron chi connectivity index (χ1n) is 4.70. The molecule has 0 amide bonds. The Labute approximate surface area is 98.3 Å². The molecule has 0 aliphatic heterocycles. The Balaban J connectivity index is 2.63. The number of benzene rings is 1. The van der Waals surface area contributed by atoms with Gasteiger partial charge in [-0.05, 0) is 25.1 Å². The van der Waals surface area contributed by atoms with Crippen LogP contribution in [0.4, 0.5) is 0 Å². The van der Waals surface area contributed by atoms with E-state index >= 15 is 0 Å². The van der Waals surface area contributed by atoms with Crippen molar-refractivity contribution in [2.75, 3.05) is 0 Å². The Morgan fingerprint density at radius 3 is 3.06 bits per heavy atom. The van der Waals surface area contributed by atoms with E-state index in [1.54, 1.807) is 6.92 Å². The number of hydrogen-bond acceptors (Lipinski definition) is 3. The molecule has 2 aromatic heterocycles. The van der Waals surface area contributed by atoms with Gasteiger partial charge in [-0.25, -0.2) is 9.78 Å². The molecule has 80 valence electrons. The molecule has 1 aromatic carbocycles. The van der Waals surface area contributed by atoms with Crippen LogP contribution in [0.3, 0.4) is 0 Å². The Hall–Kier alpha value is -1.69. The predicted octanol–water partition coefficient (Wildman–Crippen LogP) is 1.64. The summed E-state index contributed by atoms with van der Waals surface area (Å²) in [5, 5.41) is 4.91. The van der Waals surface area contributed by atoms with Gasteiger partial charge >= 0.3 is 5.69 Å². The topological polar surface area (TPSA) is 63.0 Å². The summed E-state index contributed by atoms with van der Waals surface area (Å²) < 4.78 is 2.20. The van der Waals surface area contributed by atoms with Crippen molar-refractivity contribution in [2.45, 2.75) is 6.92 Å². The first-order valence-corrected chi connectivity index (χ1v) is 5.49. The minimum absolute atomic E-state index is 0.277. The van der Waals surface area contributed by atoms with E-state index in [1.807, 2.05) is 18.2 Å².